The molecule has 0 bridgehead atoms. The third-order valence-electron chi connectivity index (χ3n) is 7.24. The molecule has 0 unspecified atom stereocenters. The number of carbonyl (C=O) groups is 2. The van der Waals surface area contributed by atoms with E-state index in [9.17, 15) is 34.7 Å². The van der Waals surface area contributed by atoms with Gasteiger partial charge in [-0.2, -0.15) is 0 Å². The summed E-state index contributed by atoms with van der Waals surface area (Å²) in [4.78, 5) is 53.2. The molecule has 3 aliphatic heterocycles. The number of hydrogen-bond acceptors (Lipinski definition) is 9. The Bertz CT molecular complexity index is 1790. The first-order valence-electron chi connectivity index (χ1n) is 12.3. The number of aliphatic hydroxyl groups is 1. The summed E-state index contributed by atoms with van der Waals surface area (Å²) in [7, 11) is 0. The Balaban J connectivity index is 1.28. The Morgan fingerprint density at radius 2 is 2.00 bits per heavy atom. The van der Waals surface area contributed by atoms with Crippen LogP contribution in [0.3, 0.4) is 0 Å². The maximum absolute atomic E-state index is 12.5. The van der Waals surface area contributed by atoms with Crippen molar-refractivity contribution in [2.75, 3.05) is 0 Å². The van der Waals surface area contributed by atoms with E-state index in [1.54, 1.807) is 30.3 Å². The van der Waals surface area contributed by atoms with Gasteiger partial charge in [0.1, 0.15) is 29.3 Å². The van der Waals surface area contributed by atoms with Gasteiger partial charge in [-0.15, -0.1) is 0 Å². The van der Waals surface area contributed by atoms with Gasteiger partial charge in [0.05, 0.1) is 28.6 Å². The Hall–Kier alpha value is -5.10. The molecule has 0 spiro atoms. The highest BCUT2D eigenvalue weighted by Gasteiger charge is 2.57. The van der Waals surface area contributed by atoms with Gasteiger partial charge in [0.2, 0.25) is 5.91 Å². The molecule has 2 aromatic rings. The Labute approximate surface area is 225 Å². The lowest BCUT2D eigenvalue weighted by atomic mass is 9.82. The summed E-state index contributed by atoms with van der Waals surface area (Å²) >= 11 is 0. The number of carboxylic acid groups (broad SMARTS) is 1. The molecular weight excluding hydrogens is 522 g/mol. The number of ether oxygens (including phenoxy) is 1. The van der Waals surface area contributed by atoms with Crippen molar-refractivity contribution in [1.82, 2.24) is 9.88 Å². The zero-order valence-electron chi connectivity index (χ0n) is 20.9. The van der Waals surface area contributed by atoms with Crippen LogP contribution in [0, 0.1) is 16.0 Å². The Morgan fingerprint density at radius 3 is 2.73 bits per heavy atom. The topological polar surface area (TPSA) is 173 Å². The zero-order chi connectivity index (χ0) is 28.3. The molecule has 0 saturated carbocycles. The van der Waals surface area contributed by atoms with E-state index < -0.39 is 34.9 Å². The van der Waals surface area contributed by atoms with Crippen LogP contribution in [0.2, 0.25) is 0 Å². The molecule has 12 heteroatoms. The minimum absolute atomic E-state index is 0.0412. The average molecular weight is 543 g/mol. The first kappa shape index (κ1) is 25.2. The van der Waals surface area contributed by atoms with Crippen LogP contribution in [0.1, 0.15) is 24.5 Å². The number of aliphatic carboxylic acids is 1. The van der Waals surface area contributed by atoms with E-state index in [2.05, 4.69) is 4.98 Å². The molecule has 12 nitrogen and oxygen atoms in total. The average Bonchev–Trinajstić information content (AvgIpc) is 3.25. The summed E-state index contributed by atoms with van der Waals surface area (Å²) in [5.41, 5.74) is 1.37. The highest BCUT2D eigenvalue weighted by molar-refractivity contribution is 6.06. The van der Waals surface area contributed by atoms with Crippen LogP contribution in [0.25, 0.3) is 28.1 Å². The number of nitro groups is 1. The Kier molecular flexibility index (Phi) is 5.84. The molecule has 3 heterocycles. The summed E-state index contributed by atoms with van der Waals surface area (Å²) in [6.07, 6.45) is -0.893. The van der Waals surface area contributed by atoms with Crippen LogP contribution in [0.15, 0.2) is 69.5 Å². The lowest BCUT2D eigenvalue weighted by Crippen LogP contribution is -2.61. The number of rotatable bonds is 7. The van der Waals surface area contributed by atoms with E-state index in [1.807, 2.05) is 0 Å². The predicted octanol–water partition coefficient (Wildman–Crippen LogP) is 3.19. The number of carbonyl (C=O) groups excluding carboxylic acids is 1. The van der Waals surface area contributed by atoms with Crippen molar-refractivity contribution < 1.29 is 33.9 Å². The molecule has 1 amide bonds. The predicted molar refractivity (Wildman–Crippen MR) is 139 cm³/mol. The molecule has 1 fully saturated rings. The third-order valence-corrected chi connectivity index (χ3v) is 7.24. The van der Waals surface area contributed by atoms with Gasteiger partial charge in [0.15, 0.2) is 16.8 Å². The summed E-state index contributed by atoms with van der Waals surface area (Å²) in [6, 6.07) is 13.1. The summed E-state index contributed by atoms with van der Waals surface area (Å²) in [6.45, 7) is 1.42. The summed E-state index contributed by atoms with van der Waals surface area (Å²) < 4.78 is 11.6. The molecule has 6 rings (SSSR count). The minimum Gasteiger partial charge on any atom is -0.489 e. The van der Waals surface area contributed by atoms with E-state index in [1.165, 1.54) is 31.2 Å². The largest absolute Gasteiger partial charge is 0.489 e. The fourth-order valence-electron chi connectivity index (χ4n) is 5.43. The van der Waals surface area contributed by atoms with Crippen LogP contribution in [0.4, 0.5) is 5.69 Å². The van der Waals surface area contributed by atoms with Gasteiger partial charge in [0, 0.05) is 18.2 Å². The SMILES string of the molecule is C[C@@H](O)[C@H]1C(=O)N2C(C(=O)O)=C(c3ccc(COc4ccc5nc6ccc(=O)cc-6oc5c4)cc3[N+](=O)[O-])C[C@H]12. The number of nitrogens with zero attached hydrogens (tertiary/aromatic N) is 3. The summed E-state index contributed by atoms with van der Waals surface area (Å²) in [5.74, 6) is -1.91. The molecule has 0 aromatic heterocycles. The molecule has 202 valence electrons. The number of aliphatic hydroxyl groups excluding tert-OH is 1. The second-order valence-corrected chi connectivity index (χ2v) is 9.75. The van der Waals surface area contributed by atoms with Crippen molar-refractivity contribution in [2.45, 2.75) is 32.1 Å². The van der Waals surface area contributed by atoms with E-state index in [4.69, 9.17) is 9.15 Å². The number of carboxylic acids is 1. The monoisotopic (exact) mass is 543 g/mol. The normalized spacial score (nSPS) is 19.1. The molecule has 4 aliphatic rings. The lowest BCUT2D eigenvalue weighted by molar-refractivity contribution is -0.385. The number of β-lactam (4-membered cyclic amide) rings is 1. The molecule has 1 aliphatic carbocycles. The standard InChI is InChI=1S/C28H21N3O9/c1-13(32)25-22-11-18(26(28(35)36)30(22)27(25)34)17-5-2-14(8-21(17)31(37)38)12-39-16-4-7-20-24(10-16)40-23-9-15(33)3-6-19(23)29-20/h2-10,13,22,25,32H,11-12H2,1H3,(H,35,36)/t13-,22-,25-/m1/s1. The van der Waals surface area contributed by atoms with Gasteiger partial charge in [-0.1, -0.05) is 6.07 Å². The molecular formula is C28H21N3O9. The molecule has 2 N–H and O–H groups in total. The van der Waals surface area contributed by atoms with Crippen molar-refractivity contribution in [3.8, 4) is 17.2 Å². The maximum Gasteiger partial charge on any atom is 0.352 e. The lowest BCUT2D eigenvalue weighted by Gasteiger charge is -2.44. The fourth-order valence-corrected chi connectivity index (χ4v) is 5.43. The molecule has 2 aromatic carbocycles. The zero-order valence-corrected chi connectivity index (χ0v) is 20.9. The van der Waals surface area contributed by atoms with Gasteiger partial charge in [-0.25, -0.2) is 9.78 Å². The van der Waals surface area contributed by atoms with Crippen molar-refractivity contribution in [3.05, 3.63) is 91.8 Å². The van der Waals surface area contributed by atoms with Gasteiger partial charge in [-0.05, 0) is 54.8 Å². The van der Waals surface area contributed by atoms with Crippen molar-refractivity contribution in [3.63, 3.8) is 0 Å². The van der Waals surface area contributed by atoms with Gasteiger partial charge in [-0.3, -0.25) is 19.7 Å². The van der Waals surface area contributed by atoms with Crippen LogP contribution < -0.4 is 10.2 Å². The van der Waals surface area contributed by atoms with Gasteiger partial charge < -0.3 is 24.3 Å². The quantitative estimate of drug-likeness (QED) is 0.152. The number of hydrogen-bond donors (Lipinski definition) is 2. The van der Waals surface area contributed by atoms with Gasteiger partial charge >= 0.3 is 5.97 Å². The van der Waals surface area contributed by atoms with Crippen molar-refractivity contribution in [2.24, 2.45) is 5.92 Å². The Morgan fingerprint density at radius 1 is 1.20 bits per heavy atom. The first-order chi connectivity index (χ1) is 19.1. The maximum atomic E-state index is 12.5. The molecule has 1 saturated heterocycles. The number of nitro benzene ring substituents is 1. The smallest absolute Gasteiger partial charge is 0.352 e. The first-order valence-corrected chi connectivity index (χ1v) is 12.3. The van der Waals surface area contributed by atoms with E-state index in [0.29, 0.717) is 33.9 Å². The molecule has 3 atom stereocenters. The van der Waals surface area contributed by atoms with Crippen molar-refractivity contribution >= 4 is 34.2 Å². The van der Waals surface area contributed by atoms with Crippen LogP contribution >= 0.6 is 0 Å². The van der Waals surface area contributed by atoms with Crippen LogP contribution in [-0.4, -0.2) is 49.0 Å². The highest BCUT2D eigenvalue weighted by Crippen LogP contribution is 2.48. The number of fused-ring (bicyclic) bond motifs is 3. The number of benzene rings is 3. The fraction of sp³-hybridized carbons (Fsp3) is 0.214. The van der Waals surface area contributed by atoms with E-state index in [-0.39, 0.29) is 41.0 Å². The second kappa shape index (κ2) is 9.27. The van der Waals surface area contributed by atoms with Crippen LogP contribution in [0.5, 0.6) is 5.75 Å². The molecule has 40 heavy (non-hydrogen) atoms. The summed E-state index contributed by atoms with van der Waals surface area (Å²) in [5, 5.41) is 31.8. The molecule has 0 radical (unpaired) electrons. The number of amides is 1. The number of aromatic nitrogens is 1. The van der Waals surface area contributed by atoms with Crippen molar-refractivity contribution in [1.29, 1.82) is 0 Å². The third kappa shape index (κ3) is 4.05. The minimum atomic E-state index is -1.37. The van der Waals surface area contributed by atoms with Gasteiger partial charge in [0.25, 0.3) is 5.69 Å². The second-order valence-electron chi connectivity index (χ2n) is 9.75. The van der Waals surface area contributed by atoms with Crippen LogP contribution in [-0.2, 0) is 16.2 Å². The van der Waals surface area contributed by atoms with E-state index >= 15 is 0 Å². The highest BCUT2D eigenvalue weighted by atomic mass is 16.6. The van der Waals surface area contributed by atoms with E-state index in [0.717, 1.165) is 4.90 Å².